The van der Waals surface area contributed by atoms with Crippen LogP contribution in [0.1, 0.15) is 15.9 Å². The maximum atomic E-state index is 11.1. The van der Waals surface area contributed by atoms with E-state index in [0.29, 0.717) is 11.6 Å². The molecule has 2 aromatic heterocycles. The molecule has 0 saturated carbocycles. The third kappa shape index (κ3) is 2.19. The standard InChI is InChI=1S/C12H13N3O2S/c1-7-4-5-18-9(7)10-13-6-8(12(16)17)11(14-10)15(2)3/h4-6H,1-3H3,(H,16,17). The minimum atomic E-state index is -1.02. The number of carbonyl (C=O) groups is 1. The summed E-state index contributed by atoms with van der Waals surface area (Å²) in [6.07, 6.45) is 1.36. The van der Waals surface area contributed by atoms with Crippen molar-refractivity contribution in [1.82, 2.24) is 9.97 Å². The third-order valence-electron chi connectivity index (χ3n) is 2.49. The Morgan fingerprint density at radius 1 is 1.44 bits per heavy atom. The molecule has 0 aliphatic heterocycles. The summed E-state index contributed by atoms with van der Waals surface area (Å²) < 4.78 is 0. The molecule has 6 heteroatoms. The summed E-state index contributed by atoms with van der Waals surface area (Å²) in [6.45, 7) is 1.98. The van der Waals surface area contributed by atoms with Crippen LogP contribution in [-0.2, 0) is 0 Å². The predicted molar refractivity (Wildman–Crippen MR) is 71.4 cm³/mol. The number of carboxylic acids is 1. The van der Waals surface area contributed by atoms with E-state index in [9.17, 15) is 4.79 Å². The quantitative estimate of drug-likeness (QED) is 0.920. The molecule has 0 aromatic carbocycles. The van der Waals surface area contributed by atoms with Gasteiger partial charge in [-0.2, -0.15) is 0 Å². The van der Waals surface area contributed by atoms with Crippen LogP contribution >= 0.6 is 11.3 Å². The largest absolute Gasteiger partial charge is 0.477 e. The van der Waals surface area contributed by atoms with Crippen molar-refractivity contribution < 1.29 is 9.90 Å². The maximum absolute atomic E-state index is 11.1. The number of aryl methyl sites for hydroxylation is 1. The van der Waals surface area contributed by atoms with Crippen molar-refractivity contribution >= 4 is 23.1 Å². The highest BCUT2D eigenvalue weighted by molar-refractivity contribution is 7.13. The lowest BCUT2D eigenvalue weighted by molar-refractivity contribution is 0.0697. The fourth-order valence-electron chi connectivity index (χ4n) is 1.58. The van der Waals surface area contributed by atoms with Gasteiger partial charge in [0.15, 0.2) is 5.82 Å². The van der Waals surface area contributed by atoms with Gasteiger partial charge in [0, 0.05) is 20.3 Å². The molecule has 2 heterocycles. The van der Waals surface area contributed by atoms with Crippen LogP contribution in [0.25, 0.3) is 10.7 Å². The van der Waals surface area contributed by atoms with Crippen molar-refractivity contribution in [3.63, 3.8) is 0 Å². The van der Waals surface area contributed by atoms with E-state index in [4.69, 9.17) is 5.11 Å². The number of hydrogen-bond donors (Lipinski definition) is 1. The van der Waals surface area contributed by atoms with Crippen LogP contribution in [-0.4, -0.2) is 35.1 Å². The molecule has 5 nitrogen and oxygen atoms in total. The first kappa shape index (κ1) is 12.5. The Morgan fingerprint density at radius 2 is 2.17 bits per heavy atom. The average molecular weight is 263 g/mol. The lowest BCUT2D eigenvalue weighted by atomic mass is 10.2. The van der Waals surface area contributed by atoms with Gasteiger partial charge in [-0.1, -0.05) is 0 Å². The van der Waals surface area contributed by atoms with E-state index in [2.05, 4.69) is 9.97 Å². The third-order valence-corrected chi connectivity index (χ3v) is 3.50. The zero-order valence-corrected chi connectivity index (χ0v) is 11.2. The van der Waals surface area contributed by atoms with Gasteiger partial charge in [-0.05, 0) is 23.9 Å². The number of rotatable bonds is 3. The number of nitrogens with zero attached hydrogens (tertiary/aromatic N) is 3. The van der Waals surface area contributed by atoms with Gasteiger partial charge in [0.05, 0.1) is 4.88 Å². The molecule has 1 N–H and O–H groups in total. The van der Waals surface area contributed by atoms with E-state index in [1.807, 2.05) is 18.4 Å². The highest BCUT2D eigenvalue weighted by Gasteiger charge is 2.17. The molecular formula is C12H13N3O2S. The zero-order chi connectivity index (χ0) is 13.3. The fraction of sp³-hybridized carbons (Fsp3) is 0.250. The number of anilines is 1. The Kier molecular flexibility index (Phi) is 3.29. The first-order valence-electron chi connectivity index (χ1n) is 5.33. The molecule has 2 rings (SSSR count). The molecule has 0 fully saturated rings. The van der Waals surface area contributed by atoms with Crippen molar-refractivity contribution in [3.8, 4) is 10.7 Å². The maximum Gasteiger partial charge on any atom is 0.341 e. The average Bonchev–Trinajstić information content (AvgIpc) is 2.74. The Balaban J connectivity index is 2.57. The molecule has 0 spiro atoms. The number of aromatic carboxylic acids is 1. The van der Waals surface area contributed by atoms with Crippen LogP contribution in [0.15, 0.2) is 17.6 Å². The zero-order valence-electron chi connectivity index (χ0n) is 10.3. The lowest BCUT2D eigenvalue weighted by Crippen LogP contribution is -2.16. The summed E-state index contributed by atoms with van der Waals surface area (Å²) in [4.78, 5) is 22.2. The molecule has 94 valence electrons. The second-order valence-corrected chi connectivity index (χ2v) is 4.98. The van der Waals surface area contributed by atoms with E-state index in [-0.39, 0.29) is 5.56 Å². The predicted octanol–water partition coefficient (Wildman–Crippen LogP) is 2.28. The van der Waals surface area contributed by atoms with Gasteiger partial charge in [-0.25, -0.2) is 14.8 Å². The van der Waals surface area contributed by atoms with E-state index in [1.165, 1.54) is 6.20 Å². The lowest BCUT2D eigenvalue weighted by Gasteiger charge is -2.14. The van der Waals surface area contributed by atoms with Crippen molar-refractivity contribution in [2.45, 2.75) is 6.92 Å². The first-order chi connectivity index (χ1) is 8.50. The summed E-state index contributed by atoms with van der Waals surface area (Å²) in [6, 6.07) is 1.99. The smallest absolute Gasteiger partial charge is 0.341 e. The molecule has 2 aromatic rings. The molecule has 0 bridgehead atoms. The summed E-state index contributed by atoms with van der Waals surface area (Å²) in [5, 5.41) is 11.1. The van der Waals surface area contributed by atoms with E-state index < -0.39 is 5.97 Å². The van der Waals surface area contributed by atoms with Crippen LogP contribution < -0.4 is 4.90 Å². The Morgan fingerprint density at radius 3 is 2.67 bits per heavy atom. The molecule has 0 aliphatic carbocycles. The molecule has 0 atom stereocenters. The summed E-state index contributed by atoms with van der Waals surface area (Å²) in [5.41, 5.74) is 1.20. The highest BCUT2D eigenvalue weighted by Crippen LogP contribution is 2.28. The van der Waals surface area contributed by atoms with Crippen LogP contribution in [0.5, 0.6) is 0 Å². The SMILES string of the molecule is Cc1ccsc1-c1ncc(C(=O)O)c(N(C)C)n1. The normalized spacial score (nSPS) is 10.4. The Labute approximate surface area is 109 Å². The van der Waals surface area contributed by atoms with Crippen LogP contribution in [0.3, 0.4) is 0 Å². The van der Waals surface area contributed by atoms with Crippen LogP contribution in [0, 0.1) is 6.92 Å². The molecule has 0 saturated heterocycles. The van der Waals surface area contributed by atoms with E-state index in [1.54, 1.807) is 30.3 Å². The van der Waals surface area contributed by atoms with Gasteiger partial charge in [0.1, 0.15) is 11.4 Å². The van der Waals surface area contributed by atoms with E-state index in [0.717, 1.165) is 10.4 Å². The minimum Gasteiger partial charge on any atom is -0.477 e. The summed E-state index contributed by atoms with van der Waals surface area (Å²) in [7, 11) is 3.53. The van der Waals surface area contributed by atoms with Crippen LogP contribution in [0.2, 0.25) is 0 Å². The molecule has 0 unspecified atom stereocenters. The van der Waals surface area contributed by atoms with Gasteiger partial charge in [-0.3, -0.25) is 0 Å². The number of carboxylic acid groups (broad SMARTS) is 1. The molecule has 18 heavy (non-hydrogen) atoms. The van der Waals surface area contributed by atoms with Crippen molar-refractivity contribution in [2.24, 2.45) is 0 Å². The first-order valence-corrected chi connectivity index (χ1v) is 6.20. The van der Waals surface area contributed by atoms with Crippen molar-refractivity contribution in [3.05, 3.63) is 28.8 Å². The van der Waals surface area contributed by atoms with Gasteiger partial charge in [0.2, 0.25) is 0 Å². The Bertz CT molecular complexity index is 593. The number of thiophene rings is 1. The van der Waals surface area contributed by atoms with Gasteiger partial charge < -0.3 is 10.0 Å². The fourth-order valence-corrected chi connectivity index (χ4v) is 2.44. The van der Waals surface area contributed by atoms with Crippen molar-refractivity contribution in [2.75, 3.05) is 19.0 Å². The number of aromatic nitrogens is 2. The monoisotopic (exact) mass is 263 g/mol. The minimum absolute atomic E-state index is 0.109. The van der Waals surface area contributed by atoms with Gasteiger partial charge >= 0.3 is 5.97 Å². The molecule has 0 aliphatic rings. The Hall–Kier alpha value is -1.95. The van der Waals surface area contributed by atoms with Gasteiger partial charge in [0.25, 0.3) is 0 Å². The number of hydrogen-bond acceptors (Lipinski definition) is 5. The summed E-state index contributed by atoms with van der Waals surface area (Å²) >= 11 is 1.55. The molecular weight excluding hydrogens is 250 g/mol. The van der Waals surface area contributed by atoms with E-state index >= 15 is 0 Å². The van der Waals surface area contributed by atoms with Crippen molar-refractivity contribution in [1.29, 1.82) is 0 Å². The molecule has 0 radical (unpaired) electrons. The topological polar surface area (TPSA) is 66.3 Å². The van der Waals surface area contributed by atoms with Crippen LogP contribution in [0.4, 0.5) is 5.82 Å². The summed E-state index contributed by atoms with van der Waals surface area (Å²) in [5.74, 6) is -0.0374. The molecule has 0 amide bonds. The van der Waals surface area contributed by atoms with Gasteiger partial charge in [-0.15, -0.1) is 11.3 Å². The second kappa shape index (κ2) is 4.73. The second-order valence-electron chi connectivity index (χ2n) is 4.06. The highest BCUT2D eigenvalue weighted by atomic mass is 32.1.